The average molecular weight is 272 g/mol. The fraction of sp³-hybridized carbons (Fsp3) is 0.273. The molecule has 3 heteroatoms. The molecule has 0 aromatic heterocycles. The lowest BCUT2D eigenvalue weighted by Gasteiger charge is -2.15. The van der Waals surface area contributed by atoms with E-state index in [-0.39, 0.29) is 4.75 Å². The van der Waals surface area contributed by atoms with Crippen LogP contribution < -0.4 is 5.14 Å². The first-order valence-electron chi connectivity index (χ1n) is 4.36. The van der Waals surface area contributed by atoms with Crippen LogP contribution in [-0.2, 0) is 0 Å². The van der Waals surface area contributed by atoms with E-state index in [1.807, 2.05) is 12.1 Å². The van der Waals surface area contributed by atoms with Crippen LogP contribution >= 0.6 is 27.9 Å². The van der Waals surface area contributed by atoms with Crippen LogP contribution in [0.5, 0.6) is 0 Å². The normalized spacial score (nSPS) is 12.3. The van der Waals surface area contributed by atoms with Gasteiger partial charge >= 0.3 is 0 Å². The van der Waals surface area contributed by atoms with Gasteiger partial charge in [0, 0.05) is 9.22 Å². The van der Waals surface area contributed by atoms with Crippen LogP contribution in [0.25, 0.3) is 6.08 Å². The lowest BCUT2D eigenvalue weighted by atomic mass is 10.1. The first-order valence-corrected chi connectivity index (χ1v) is 6.03. The Balaban J connectivity index is 2.78. The summed E-state index contributed by atoms with van der Waals surface area (Å²) in [5.74, 6) is 0. The van der Waals surface area contributed by atoms with Gasteiger partial charge in [0.2, 0.25) is 0 Å². The average Bonchev–Trinajstić information content (AvgIpc) is 2.15. The smallest absolute Gasteiger partial charge is 0.0428 e. The fourth-order valence-electron chi connectivity index (χ4n) is 0.946. The van der Waals surface area contributed by atoms with E-state index >= 15 is 0 Å². The van der Waals surface area contributed by atoms with Crippen molar-refractivity contribution >= 4 is 34.0 Å². The number of hydrogen-bond acceptors (Lipinski definition) is 2. The Kier molecular flexibility index (Phi) is 4.23. The Morgan fingerprint density at radius 3 is 2.71 bits per heavy atom. The van der Waals surface area contributed by atoms with Gasteiger partial charge in [-0.25, -0.2) is 0 Å². The molecule has 1 nitrogen and oxygen atoms in total. The lowest BCUT2D eigenvalue weighted by Crippen LogP contribution is -2.12. The maximum atomic E-state index is 5.56. The first-order chi connectivity index (χ1) is 6.53. The minimum Gasteiger partial charge on any atom is -0.277 e. The van der Waals surface area contributed by atoms with Gasteiger partial charge in [-0.3, -0.25) is 5.14 Å². The van der Waals surface area contributed by atoms with Crippen molar-refractivity contribution in [3.8, 4) is 0 Å². The summed E-state index contributed by atoms with van der Waals surface area (Å²) in [6, 6.07) is 8.18. The van der Waals surface area contributed by atoms with Crippen LogP contribution in [0.4, 0.5) is 0 Å². The van der Waals surface area contributed by atoms with Gasteiger partial charge in [-0.1, -0.05) is 52.2 Å². The van der Waals surface area contributed by atoms with Crippen molar-refractivity contribution < 1.29 is 0 Å². The van der Waals surface area contributed by atoms with Gasteiger partial charge in [0.15, 0.2) is 0 Å². The van der Waals surface area contributed by atoms with Gasteiger partial charge < -0.3 is 0 Å². The predicted octanol–water partition coefficient (Wildman–Crippen LogP) is 3.85. The monoisotopic (exact) mass is 271 g/mol. The topological polar surface area (TPSA) is 26.0 Å². The molecule has 0 fully saturated rings. The Bertz CT molecular complexity index is 334. The zero-order valence-corrected chi connectivity index (χ0v) is 10.7. The Morgan fingerprint density at radius 2 is 2.14 bits per heavy atom. The molecule has 0 radical (unpaired) electrons. The van der Waals surface area contributed by atoms with Gasteiger partial charge in [-0.05, 0) is 31.5 Å². The summed E-state index contributed by atoms with van der Waals surface area (Å²) >= 11 is 4.79. The molecule has 1 aromatic rings. The van der Waals surface area contributed by atoms with E-state index in [9.17, 15) is 0 Å². The molecular formula is C11H14BrNS. The van der Waals surface area contributed by atoms with Crippen LogP contribution in [0, 0.1) is 0 Å². The molecule has 14 heavy (non-hydrogen) atoms. The molecular weight excluding hydrogens is 258 g/mol. The Morgan fingerprint density at radius 1 is 1.43 bits per heavy atom. The maximum Gasteiger partial charge on any atom is 0.0428 e. The van der Waals surface area contributed by atoms with Crippen molar-refractivity contribution in [2.75, 3.05) is 0 Å². The second-order valence-corrected chi connectivity index (χ2v) is 5.81. The van der Waals surface area contributed by atoms with Crippen molar-refractivity contribution in [1.29, 1.82) is 0 Å². The zero-order chi connectivity index (χ0) is 10.6. The van der Waals surface area contributed by atoms with E-state index in [2.05, 4.69) is 54.1 Å². The molecule has 0 atom stereocenters. The number of hydrogen-bond donors (Lipinski definition) is 1. The maximum absolute atomic E-state index is 5.56. The summed E-state index contributed by atoms with van der Waals surface area (Å²) in [5.41, 5.74) is 1.18. The zero-order valence-electron chi connectivity index (χ0n) is 8.33. The highest BCUT2D eigenvalue weighted by atomic mass is 79.9. The van der Waals surface area contributed by atoms with Crippen LogP contribution in [0.3, 0.4) is 0 Å². The molecule has 2 N–H and O–H groups in total. The highest BCUT2D eigenvalue weighted by Crippen LogP contribution is 2.22. The van der Waals surface area contributed by atoms with Crippen molar-refractivity contribution in [3.05, 3.63) is 40.4 Å². The number of halogens is 1. The summed E-state index contributed by atoms with van der Waals surface area (Å²) in [4.78, 5) is 0. The molecule has 0 spiro atoms. The quantitative estimate of drug-likeness (QED) is 0.846. The van der Waals surface area contributed by atoms with Crippen molar-refractivity contribution in [2.24, 2.45) is 5.14 Å². The fourth-order valence-corrected chi connectivity index (χ4v) is 1.51. The second kappa shape index (κ2) is 5.01. The predicted molar refractivity (Wildman–Crippen MR) is 69.0 cm³/mol. The van der Waals surface area contributed by atoms with E-state index < -0.39 is 0 Å². The summed E-state index contributed by atoms with van der Waals surface area (Å²) in [7, 11) is 0. The van der Waals surface area contributed by atoms with E-state index in [0.29, 0.717) is 0 Å². The lowest BCUT2D eigenvalue weighted by molar-refractivity contribution is 0.904. The number of benzene rings is 1. The molecule has 0 saturated heterocycles. The molecule has 0 aliphatic rings. The highest BCUT2D eigenvalue weighted by molar-refractivity contribution is 9.10. The molecule has 1 rings (SSSR count). The molecule has 0 aliphatic carbocycles. The Labute approximate surface area is 98.0 Å². The largest absolute Gasteiger partial charge is 0.277 e. The third kappa shape index (κ3) is 3.86. The standard InChI is InChI=1S/C11H14BrNS/c1-11(2,14-13)7-6-9-4-3-5-10(12)8-9/h3-8H,13H2,1-2H3/b7-6+. The molecule has 0 bridgehead atoms. The molecule has 1 aromatic carbocycles. The number of rotatable bonds is 3. The second-order valence-electron chi connectivity index (χ2n) is 3.61. The van der Waals surface area contributed by atoms with Crippen LogP contribution in [0.15, 0.2) is 34.8 Å². The SMILES string of the molecule is CC(C)(/C=C/c1cccc(Br)c1)SN. The molecule has 0 unspecified atom stereocenters. The third-order valence-electron chi connectivity index (χ3n) is 1.83. The summed E-state index contributed by atoms with van der Waals surface area (Å²) < 4.78 is 1.08. The Hall–Kier alpha value is -0.250. The van der Waals surface area contributed by atoms with Gasteiger partial charge in [-0.2, -0.15) is 0 Å². The van der Waals surface area contributed by atoms with E-state index in [1.165, 1.54) is 17.5 Å². The molecule has 0 aliphatic heterocycles. The minimum absolute atomic E-state index is 0.0116. The summed E-state index contributed by atoms with van der Waals surface area (Å²) in [6.45, 7) is 4.18. The van der Waals surface area contributed by atoms with E-state index in [0.717, 1.165) is 4.47 Å². The van der Waals surface area contributed by atoms with Gasteiger partial charge in [0.1, 0.15) is 0 Å². The summed E-state index contributed by atoms with van der Waals surface area (Å²) in [5, 5.41) is 5.56. The first kappa shape index (κ1) is 11.8. The molecule has 0 saturated carbocycles. The van der Waals surface area contributed by atoms with Gasteiger partial charge in [-0.15, -0.1) is 0 Å². The minimum atomic E-state index is -0.0116. The summed E-state index contributed by atoms with van der Waals surface area (Å²) in [6.07, 6.45) is 4.20. The van der Waals surface area contributed by atoms with Gasteiger partial charge in [0.25, 0.3) is 0 Å². The van der Waals surface area contributed by atoms with E-state index in [4.69, 9.17) is 5.14 Å². The molecule has 0 heterocycles. The van der Waals surface area contributed by atoms with Gasteiger partial charge in [0.05, 0.1) is 0 Å². The van der Waals surface area contributed by atoms with Crippen LogP contribution in [0.2, 0.25) is 0 Å². The van der Waals surface area contributed by atoms with E-state index in [1.54, 1.807) is 0 Å². The van der Waals surface area contributed by atoms with Crippen LogP contribution in [0.1, 0.15) is 19.4 Å². The van der Waals surface area contributed by atoms with Crippen LogP contribution in [-0.4, -0.2) is 4.75 Å². The van der Waals surface area contributed by atoms with Crippen molar-refractivity contribution in [1.82, 2.24) is 0 Å². The highest BCUT2D eigenvalue weighted by Gasteiger charge is 2.10. The van der Waals surface area contributed by atoms with Crippen molar-refractivity contribution in [3.63, 3.8) is 0 Å². The third-order valence-corrected chi connectivity index (χ3v) is 3.07. The number of nitrogens with two attached hydrogens (primary N) is 1. The molecule has 76 valence electrons. The van der Waals surface area contributed by atoms with Crippen molar-refractivity contribution in [2.45, 2.75) is 18.6 Å². The molecule has 0 amide bonds.